The number of aliphatic hydroxyl groups excluding tert-OH is 2. The summed E-state index contributed by atoms with van der Waals surface area (Å²) in [7, 11) is 0. The van der Waals surface area contributed by atoms with E-state index in [1.54, 1.807) is 0 Å². The Bertz CT molecular complexity index is 144. The van der Waals surface area contributed by atoms with Gasteiger partial charge in [0.15, 0.2) is 12.2 Å². The number of hydrogen-bond donors (Lipinski definition) is 4. The summed E-state index contributed by atoms with van der Waals surface area (Å²) >= 11 is 0. The molecule has 0 heterocycles. The largest absolute Gasteiger partial charge is 0 e. The smallest absolute Gasteiger partial charge is 0 e. The number of carboxylic acids is 2. The fraction of sp³-hybridized carbons (Fsp3) is 0.500. The number of aliphatic carboxylic acids is 2. The molecule has 0 saturated heterocycles. The quantitative estimate of drug-likeness (QED) is 0.370. The van der Waals surface area contributed by atoms with Crippen molar-refractivity contribution < 1.29 is 51.7 Å². The van der Waals surface area contributed by atoms with Crippen LogP contribution in [-0.2, 0) is 31.3 Å². The second-order valence-corrected chi connectivity index (χ2v) is 1.57. The topological polar surface area (TPSA) is 115 Å². The predicted octanol–water partition coefficient (Wildman–Crippen LogP) is -3.04. The van der Waals surface area contributed by atoms with Crippen LogP contribution in [0.2, 0.25) is 0 Å². The first-order valence-corrected chi connectivity index (χ1v) is 2.28. The first-order chi connectivity index (χ1) is 4.46. The Hall–Kier alpha value is 0.496. The normalized spacial score (nSPS) is 13.2. The fourth-order valence-corrected chi connectivity index (χ4v) is 0.270. The van der Waals surface area contributed by atoms with Gasteiger partial charge in [0, 0.05) is 21.7 Å². The van der Waals surface area contributed by atoms with Gasteiger partial charge in [0.1, 0.15) is 0 Å². The van der Waals surface area contributed by atoms with Crippen LogP contribution in [-0.4, -0.2) is 71.9 Å². The standard InChI is InChI=1S/C4H6O6.Pb.Ti.2H/c5-1(3(7)8)2(6)4(9)10;;;;/h1-2,5-6H,(H,7,8)(H,9,10);;;;. The second kappa shape index (κ2) is 8.11. The van der Waals surface area contributed by atoms with Gasteiger partial charge in [-0.1, -0.05) is 0 Å². The van der Waals surface area contributed by atoms with Gasteiger partial charge in [0.2, 0.25) is 0 Å². The average molecular weight is 407 g/mol. The number of carbonyl (C=O) groups is 2. The van der Waals surface area contributed by atoms with Gasteiger partial charge in [0.25, 0.3) is 0 Å². The van der Waals surface area contributed by atoms with Crippen molar-refractivity contribution in [2.75, 3.05) is 0 Å². The third-order valence-electron chi connectivity index (χ3n) is 0.805. The molecule has 68 valence electrons. The van der Waals surface area contributed by atoms with Gasteiger partial charge in [-0.3, -0.25) is 0 Å². The summed E-state index contributed by atoms with van der Waals surface area (Å²) in [5, 5.41) is 32.5. The summed E-state index contributed by atoms with van der Waals surface area (Å²) in [5.41, 5.74) is 0. The maximum Gasteiger partial charge on any atom is 0 e. The summed E-state index contributed by atoms with van der Waals surface area (Å²) in [6.45, 7) is 0. The molecular weight excluding hydrogens is 399 g/mol. The van der Waals surface area contributed by atoms with Crippen LogP contribution in [0, 0.1) is 0 Å². The van der Waals surface area contributed by atoms with Crippen LogP contribution in [0.3, 0.4) is 0 Å². The maximum atomic E-state index is 9.77. The molecule has 2 unspecified atom stereocenters. The van der Waals surface area contributed by atoms with E-state index in [-0.39, 0.29) is 49.0 Å². The Balaban J connectivity index is -0.000000405. The summed E-state index contributed by atoms with van der Waals surface area (Å²) in [5.74, 6) is -3.54. The van der Waals surface area contributed by atoms with Crippen molar-refractivity contribution in [1.82, 2.24) is 0 Å². The minimum atomic E-state index is -2.27. The molecule has 6 nitrogen and oxygen atoms in total. The zero-order valence-electron chi connectivity index (χ0n) is 5.97. The molecule has 12 heavy (non-hydrogen) atoms. The van der Waals surface area contributed by atoms with Crippen LogP contribution in [0.4, 0.5) is 0 Å². The molecule has 0 aromatic heterocycles. The van der Waals surface area contributed by atoms with Crippen molar-refractivity contribution in [2.24, 2.45) is 0 Å². The van der Waals surface area contributed by atoms with Crippen LogP contribution in [0.25, 0.3) is 0 Å². The van der Waals surface area contributed by atoms with Gasteiger partial charge in [-0.2, -0.15) is 0 Å². The third-order valence-corrected chi connectivity index (χ3v) is 0.805. The Morgan fingerprint density at radius 3 is 1.17 bits per heavy atom. The fourth-order valence-electron chi connectivity index (χ4n) is 0.270. The molecule has 0 bridgehead atoms. The molecule has 0 aromatic carbocycles. The Kier molecular flexibility index (Phi) is 12.4. The van der Waals surface area contributed by atoms with Crippen molar-refractivity contribution >= 4 is 39.2 Å². The van der Waals surface area contributed by atoms with Gasteiger partial charge in [-0.05, 0) is 0 Å². The molecule has 0 amide bonds. The third kappa shape index (κ3) is 6.06. The number of rotatable bonds is 3. The molecule has 0 aliphatic carbocycles. The SMILES string of the molecule is O=C(O)C(O)C(O)C(=O)O.[PbH2].[Ti]. The monoisotopic (exact) mass is 408 g/mol. The average Bonchev–Trinajstić information content (AvgIpc) is 1.84. The Labute approximate surface area is 103 Å². The van der Waals surface area contributed by atoms with E-state index in [4.69, 9.17) is 20.4 Å². The van der Waals surface area contributed by atoms with E-state index < -0.39 is 24.1 Å². The van der Waals surface area contributed by atoms with Gasteiger partial charge >= 0.3 is 39.2 Å². The van der Waals surface area contributed by atoms with E-state index >= 15 is 0 Å². The van der Waals surface area contributed by atoms with Gasteiger partial charge in [-0.15, -0.1) is 0 Å². The zero-order valence-corrected chi connectivity index (χ0v) is 13.0. The van der Waals surface area contributed by atoms with E-state index in [1.807, 2.05) is 0 Å². The maximum absolute atomic E-state index is 9.77. The van der Waals surface area contributed by atoms with E-state index in [9.17, 15) is 9.59 Å². The van der Waals surface area contributed by atoms with Gasteiger partial charge in [-0.25, -0.2) is 9.59 Å². The molecule has 0 saturated carbocycles. The van der Waals surface area contributed by atoms with Crippen LogP contribution in [0.1, 0.15) is 0 Å². The summed E-state index contributed by atoms with van der Waals surface area (Å²) in [6.07, 6.45) is -4.53. The van der Waals surface area contributed by atoms with Crippen molar-refractivity contribution in [3.63, 3.8) is 0 Å². The summed E-state index contributed by atoms with van der Waals surface area (Å²) in [6, 6.07) is 0. The minimum Gasteiger partial charge on any atom is 0 e. The molecule has 0 spiro atoms. The molecule has 0 aromatic rings. The molecular formula is C4H8O6PbTi. The number of aliphatic hydroxyl groups is 2. The van der Waals surface area contributed by atoms with Crippen molar-refractivity contribution in [2.45, 2.75) is 12.2 Å². The van der Waals surface area contributed by atoms with Crippen molar-refractivity contribution in [3.8, 4) is 0 Å². The zero-order chi connectivity index (χ0) is 8.31. The van der Waals surface area contributed by atoms with E-state index in [1.165, 1.54) is 0 Å². The first kappa shape index (κ1) is 18.3. The molecule has 0 aliphatic heterocycles. The number of hydrogen-bond acceptors (Lipinski definition) is 4. The van der Waals surface area contributed by atoms with Crippen LogP contribution < -0.4 is 0 Å². The molecule has 2 radical (unpaired) electrons. The van der Waals surface area contributed by atoms with Gasteiger partial charge in [0.05, 0.1) is 0 Å². The molecule has 0 rings (SSSR count). The molecule has 0 aliphatic rings. The second-order valence-electron chi connectivity index (χ2n) is 1.57. The van der Waals surface area contributed by atoms with Crippen molar-refractivity contribution in [1.29, 1.82) is 0 Å². The van der Waals surface area contributed by atoms with Crippen LogP contribution in [0.15, 0.2) is 0 Å². The summed E-state index contributed by atoms with van der Waals surface area (Å²) in [4.78, 5) is 19.5. The van der Waals surface area contributed by atoms with Crippen LogP contribution >= 0.6 is 0 Å². The first-order valence-electron chi connectivity index (χ1n) is 2.28. The minimum absolute atomic E-state index is 0. The Morgan fingerprint density at radius 2 is 1.08 bits per heavy atom. The van der Waals surface area contributed by atoms with E-state index in [0.29, 0.717) is 0 Å². The van der Waals surface area contributed by atoms with E-state index in [0.717, 1.165) is 0 Å². The molecule has 2 atom stereocenters. The van der Waals surface area contributed by atoms with Crippen molar-refractivity contribution in [3.05, 3.63) is 0 Å². The predicted molar refractivity (Wildman–Crippen MR) is 35.8 cm³/mol. The summed E-state index contributed by atoms with van der Waals surface area (Å²) < 4.78 is 0. The molecule has 0 fully saturated rings. The van der Waals surface area contributed by atoms with E-state index in [2.05, 4.69) is 0 Å². The number of carboxylic acid groups (broad SMARTS) is 2. The molecule has 8 heteroatoms. The molecule has 4 N–H and O–H groups in total. The van der Waals surface area contributed by atoms with Crippen LogP contribution in [0.5, 0.6) is 0 Å². The van der Waals surface area contributed by atoms with Gasteiger partial charge < -0.3 is 20.4 Å². The Morgan fingerprint density at radius 1 is 0.917 bits per heavy atom.